The summed E-state index contributed by atoms with van der Waals surface area (Å²) in [6.07, 6.45) is 0.792. The summed E-state index contributed by atoms with van der Waals surface area (Å²) in [6, 6.07) is 14.7. The van der Waals surface area contributed by atoms with E-state index in [4.69, 9.17) is 5.11 Å². The number of carbonyl (C=O) groups excluding carboxylic acids is 1. The summed E-state index contributed by atoms with van der Waals surface area (Å²) in [5.41, 5.74) is 1.21. The van der Waals surface area contributed by atoms with Gasteiger partial charge >= 0.3 is 5.97 Å². The Balaban J connectivity index is 1.60. The first-order valence-electron chi connectivity index (χ1n) is 8.37. The summed E-state index contributed by atoms with van der Waals surface area (Å²) in [5, 5.41) is 11.1. The SMILES string of the molecule is O=C(O)CCCC(=O)N1CCN(c2cccc3ccccc23)CC1. The van der Waals surface area contributed by atoms with Crippen LogP contribution in [0.25, 0.3) is 10.8 Å². The molecule has 2 aromatic carbocycles. The minimum Gasteiger partial charge on any atom is -0.481 e. The van der Waals surface area contributed by atoms with Crippen LogP contribution in [0, 0.1) is 0 Å². The van der Waals surface area contributed by atoms with E-state index in [1.54, 1.807) is 0 Å². The maximum atomic E-state index is 12.1. The standard InChI is InChI=1S/C19H22N2O3/c22-18(9-4-10-19(23)24)21-13-11-20(12-14-21)17-8-3-6-15-5-1-2-7-16(15)17/h1-3,5-8H,4,9-14H2,(H,23,24). The number of carboxylic acid groups (broad SMARTS) is 1. The Morgan fingerprint density at radius 3 is 2.38 bits per heavy atom. The fraction of sp³-hybridized carbons (Fsp3) is 0.368. The van der Waals surface area contributed by atoms with Crippen molar-refractivity contribution in [3.63, 3.8) is 0 Å². The molecule has 5 nitrogen and oxygen atoms in total. The summed E-state index contributed by atoms with van der Waals surface area (Å²) in [5.74, 6) is -0.780. The molecule has 1 aliphatic rings. The number of hydrogen-bond donors (Lipinski definition) is 1. The number of hydrogen-bond acceptors (Lipinski definition) is 3. The molecule has 0 spiro atoms. The molecule has 24 heavy (non-hydrogen) atoms. The van der Waals surface area contributed by atoms with Crippen LogP contribution >= 0.6 is 0 Å². The first-order valence-corrected chi connectivity index (χ1v) is 8.37. The van der Waals surface area contributed by atoms with Crippen LogP contribution in [0.4, 0.5) is 5.69 Å². The molecular weight excluding hydrogens is 304 g/mol. The van der Waals surface area contributed by atoms with E-state index in [1.165, 1.54) is 16.5 Å². The van der Waals surface area contributed by atoms with E-state index >= 15 is 0 Å². The molecule has 0 saturated carbocycles. The zero-order chi connectivity index (χ0) is 16.9. The highest BCUT2D eigenvalue weighted by Gasteiger charge is 2.21. The van der Waals surface area contributed by atoms with Crippen LogP contribution in [0.2, 0.25) is 0 Å². The molecule has 2 aromatic rings. The van der Waals surface area contributed by atoms with E-state index in [0.717, 1.165) is 13.1 Å². The summed E-state index contributed by atoms with van der Waals surface area (Å²) in [6.45, 7) is 2.99. The van der Waals surface area contributed by atoms with Crippen molar-refractivity contribution in [2.24, 2.45) is 0 Å². The van der Waals surface area contributed by atoms with Gasteiger partial charge in [0.25, 0.3) is 0 Å². The minimum absolute atomic E-state index is 0.0573. The summed E-state index contributed by atoms with van der Waals surface area (Å²) in [7, 11) is 0. The van der Waals surface area contributed by atoms with E-state index < -0.39 is 5.97 Å². The molecule has 126 valence electrons. The molecule has 5 heteroatoms. The van der Waals surface area contributed by atoms with E-state index in [1.807, 2.05) is 17.0 Å². The van der Waals surface area contributed by atoms with Crippen molar-refractivity contribution in [3.05, 3.63) is 42.5 Å². The highest BCUT2D eigenvalue weighted by Crippen LogP contribution is 2.27. The Bertz CT molecular complexity index is 731. The largest absolute Gasteiger partial charge is 0.481 e. The number of benzene rings is 2. The average molecular weight is 326 g/mol. The fourth-order valence-corrected chi connectivity index (χ4v) is 3.23. The van der Waals surface area contributed by atoms with E-state index in [-0.39, 0.29) is 12.3 Å². The lowest BCUT2D eigenvalue weighted by Crippen LogP contribution is -2.48. The first kappa shape index (κ1) is 16.3. The zero-order valence-electron chi connectivity index (χ0n) is 13.6. The molecule has 1 fully saturated rings. The summed E-state index contributed by atoms with van der Waals surface area (Å²) < 4.78 is 0. The van der Waals surface area contributed by atoms with Crippen molar-refractivity contribution in [2.75, 3.05) is 31.1 Å². The number of nitrogens with zero attached hydrogens (tertiary/aromatic N) is 2. The second kappa shape index (κ2) is 7.34. The molecule has 1 aliphatic heterocycles. The maximum absolute atomic E-state index is 12.1. The third-order valence-electron chi connectivity index (χ3n) is 4.52. The number of aliphatic carboxylic acids is 1. The summed E-state index contributed by atoms with van der Waals surface area (Å²) >= 11 is 0. The van der Waals surface area contributed by atoms with Crippen molar-refractivity contribution in [1.29, 1.82) is 0 Å². The molecule has 0 aromatic heterocycles. The van der Waals surface area contributed by atoms with Gasteiger partial charge in [-0.1, -0.05) is 36.4 Å². The number of anilines is 1. The third-order valence-corrected chi connectivity index (χ3v) is 4.52. The van der Waals surface area contributed by atoms with Crippen LogP contribution in [-0.2, 0) is 9.59 Å². The normalized spacial score (nSPS) is 14.8. The Morgan fingerprint density at radius 2 is 1.62 bits per heavy atom. The van der Waals surface area contributed by atoms with Crippen molar-refractivity contribution in [1.82, 2.24) is 4.90 Å². The van der Waals surface area contributed by atoms with Gasteiger partial charge in [-0.2, -0.15) is 0 Å². The van der Waals surface area contributed by atoms with Gasteiger partial charge in [0.1, 0.15) is 0 Å². The topological polar surface area (TPSA) is 60.9 Å². The first-order chi connectivity index (χ1) is 11.6. The number of fused-ring (bicyclic) bond motifs is 1. The predicted octanol–water partition coefficient (Wildman–Crippen LogP) is 2.74. The average Bonchev–Trinajstić information content (AvgIpc) is 2.61. The van der Waals surface area contributed by atoms with Gasteiger partial charge in [-0.15, -0.1) is 0 Å². The van der Waals surface area contributed by atoms with Crippen LogP contribution in [-0.4, -0.2) is 48.1 Å². The van der Waals surface area contributed by atoms with Gasteiger partial charge < -0.3 is 14.9 Å². The van der Waals surface area contributed by atoms with Crippen molar-refractivity contribution in [3.8, 4) is 0 Å². The van der Waals surface area contributed by atoms with Gasteiger partial charge in [-0.3, -0.25) is 9.59 Å². The summed E-state index contributed by atoms with van der Waals surface area (Å²) in [4.78, 5) is 26.9. The molecule has 0 aliphatic carbocycles. The fourth-order valence-electron chi connectivity index (χ4n) is 3.23. The molecule has 1 heterocycles. The predicted molar refractivity (Wildman–Crippen MR) is 94.2 cm³/mol. The number of carbonyl (C=O) groups is 2. The van der Waals surface area contributed by atoms with Gasteiger partial charge in [0.15, 0.2) is 0 Å². The van der Waals surface area contributed by atoms with Gasteiger partial charge in [-0.05, 0) is 17.9 Å². The number of carboxylic acids is 1. The lowest BCUT2D eigenvalue weighted by atomic mass is 10.1. The van der Waals surface area contributed by atoms with Gasteiger partial charge in [0, 0.05) is 50.1 Å². The Labute approximate surface area is 141 Å². The van der Waals surface area contributed by atoms with E-state index in [9.17, 15) is 9.59 Å². The smallest absolute Gasteiger partial charge is 0.303 e. The van der Waals surface area contributed by atoms with Crippen molar-refractivity contribution in [2.45, 2.75) is 19.3 Å². The van der Waals surface area contributed by atoms with Crippen molar-refractivity contribution < 1.29 is 14.7 Å². The van der Waals surface area contributed by atoms with Gasteiger partial charge in [0.05, 0.1) is 0 Å². The molecule has 0 unspecified atom stereocenters. The lowest BCUT2D eigenvalue weighted by molar-refractivity contribution is -0.137. The molecular formula is C19H22N2O3. The highest BCUT2D eigenvalue weighted by atomic mass is 16.4. The highest BCUT2D eigenvalue weighted by molar-refractivity contribution is 5.94. The number of amides is 1. The molecule has 1 amide bonds. The zero-order valence-corrected chi connectivity index (χ0v) is 13.6. The van der Waals surface area contributed by atoms with Crippen LogP contribution in [0.5, 0.6) is 0 Å². The van der Waals surface area contributed by atoms with Crippen LogP contribution < -0.4 is 4.90 Å². The van der Waals surface area contributed by atoms with E-state index in [2.05, 4.69) is 35.2 Å². The molecule has 3 rings (SSSR count). The Morgan fingerprint density at radius 1 is 0.917 bits per heavy atom. The molecule has 0 bridgehead atoms. The van der Waals surface area contributed by atoms with Crippen molar-refractivity contribution >= 4 is 28.3 Å². The molecule has 1 saturated heterocycles. The lowest BCUT2D eigenvalue weighted by Gasteiger charge is -2.36. The van der Waals surface area contributed by atoms with Gasteiger partial charge in [0.2, 0.25) is 5.91 Å². The quantitative estimate of drug-likeness (QED) is 0.918. The van der Waals surface area contributed by atoms with Crippen LogP contribution in [0.15, 0.2) is 42.5 Å². The van der Waals surface area contributed by atoms with Crippen LogP contribution in [0.1, 0.15) is 19.3 Å². The maximum Gasteiger partial charge on any atom is 0.303 e. The third kappa shape index (κ3) is 3.67. The van der Waals surface area contributed by atoms with Crippen LogP contribution in [0.3, 0.4) is 0 Å². The van der Waals surface area contributed by atoms with Gasteiger partial charge in [-0.25, -0.2) is 0 Å². The second-order valence-electron chi connectivity index (χ2n) is 6.11. The number of piperazine rings is 1. The second-order valence-corrected chi connectivity index (χ2v) is 6.11. The molecule has 0 radical (unpaired) electrons. The molecule has 1 N–H and O–H groups in total. The van der Waals surface area contributed by atoms with E-state index in [0.29, 0.717) is 25.9 Å². The Kier molecular flexibility index (Phi) is 4.99. The Hall–Kier alpha value is -2.56. The minimum atomic E-state index is -0.844. The number of rotatable bonds is 5. The monoisotopic (exact) mass is 326 g/mol. The molecule has 0 atom stereocenters.